The Balaban J connectivity index is 0.00000128. The molecule has 2 aromatic rings. The molecular weight excluding hydrogens is 228 g/mol. The number of nitrogens with zero attached hydrogens (tertiary/aromatic N) is 2. The summed E-state index contributed by atoms with van der Waals surface area (Å²) in [7, 11) is 0. The van der Waals surface area contributed by atoms with Crippen molar-refractivity contribution >= 4 is 16.9 Å². The first-order valence-corrected chi connectivity index (χ1v) is 4.65. The third-order valence-corrected chi connectivity index (χ3v) is 2.22. The molecule has 0 saturated carbocycles. The van der Waals surface area contributed by atoms with Crippen LogP contribution in [0.5, 0.6) is 0 Å². The van der Waals surface area contributed by atoms with E-state index in [1.54, 1.807) is 6.20 Å². The van der Waals surface area contributed by atoms with Gasteiger partial charge in [0.2, 0.25) is 0 Å². The fourth-order valence-electron chi connectivity index (χ4n) is 1.51. The maximum Gasteiger partial charge on any atom is 0.372 e. The predicted octanol–water partition coefficient (Wildman–Crippen LogP) is -2.08. The summed E-state index contributed by atoms with van der Waals surface area (Å²) in [6.07, 6.45) is 1.68. The summed E-state index contributed by atoms with van der Waals surface area (Å²) in [5, 5.41) is 13.9. The van der Waals surface area contributed by atoms with E-state index in [9.17, 15) is 4.79 Å². The summed E-state index contributed by atoms with van der Waals surface area (Å²) in [6, 6.07) is 7.75. The zero-order valence-electron chi connectivity index (χ0n) is 8.72. The van der Waals surface area contributed by atoms with E-state index in [2.05, 4.69) is 5.10 Å². The average Bonchev–Trinajstić information content (AvgIpc) is 2.18. The van der Waals surface area contributed by atoms with Crippen molar-refractivity contribution in [3.05, 3.63) is 36.0 Å². The molecule has 4 nitrogen and oxygen atoms in total. The molecule has 2 rings (SSSR count). The van der Waals surface area contributed by atoms with Crippen LogP contribution >= 0.6 is 0 Å². The van der Waals surface area contributed by atoms with Gasteiger partial charge in [-0.05, 0) is 12.5 Å². The van der Waals surface area contributed by atoms with E-state index in [1.807, 2.05) is 31.2 Å². The topological polar surface area (TPSA) is 54.1 Å². The van der Waals surface area contributed by atoms with Gasteiger partial charge in [0, 0.05) is 16.6 Å². The lowest BCUT2D eigenvalue weighted by Gasteiger charge is -1.97. The summed E-state index contributed by atoms with van der Waals surface area (Å²) in [5.74, 6) is -0.888. The van der Waals surface area contributed by atoms with Crippen molar-refractivity contribution in [2.45, 2.75) is 13.5 Å². The third-order valence-electron chi connectivity index (χ3n) is 2.22. The van der Waals surface area contributed by atoms with Gasteiger partial charge in [-0.1, -0.05) is 22.9 Å². The molecule has 0 spiro atoms. The standard InChI is InChI=1S/C11H10N2O2.ClH/c1-8-3-2-4-9-5-6-13(7-10(14)15)12-11(8)9;/h2-6H,7H2,1H3;1H. The first kappa shape index (κ1) is 12.4. The zero-order chi connectivity index (χ0) is 10.8. The summed E-state index contributed by atoms with van der Waals surface area (Å²) < 4.78 is 1.43. The van der Waals surface area contributed by atoms with Gasteiger partial charge in [0.05, 0.1) is 0 Å². The number of halogens is 1. The van der Waals surface area contributed by atoms with Gasteiger partial charge in [-0.3, -0.25) is 0 Å². The van der Waals surface area contributed by atoms with Crippen molar-refractivity contribution in [3.8, 4) is 0 Å². The number of hydrogen-bond acceptors (Lipinski definition) is 2. The highest BCUT2D eigenvalue weighted by Crippen LogP contribution is 2.12. The number of rotatable bonds is 2. The number of carboxylic acids is 1. The number of carboxylic acid groups (broad SMARTS) is 1. The van der Waals surface area contributed by atoms with E-state index in [0.717, 1.165) is 16.5 Å². The number of aryl methyl sites for hydroxylation is 1. The molecule has 1 heterocycles. The zero-order valence-corrected chi connectivity index (χ0v) is 9.48. The Bertz CT molecular complexity index is 528. The molecule has 0 atom stereocenters. The normalized spacial score (nSPS) is 9.81. The molecule has 5 heteroatoms. The second-order valence-corrected chi connectivity index (χ2v) is 3.42. The molecule has 1 aromatic carbocycles. The van der Waals surface area contributed by atoms with E-state index in [0.29, 0.717) is 0 Å². The molecule has 0 aliphatic rings. The van der Waals surface area contributed by atoms with Gasteiger partial charge < -0.3 is 17.5 Å². The molecule has 0 aliphatic carbocycles. The number of aliphatic carboxylic acids is 1. The van der Waals surface area contributed by atoms with Gasteiger partial charge in [0.25, 0.3) is 6.54 Å². The van der Waals surface area contributed by atoms with Gasteiger partial charge >= 0.3 is 5.97 Å². The van der Waals surface area contributed by atoms with Gasteiger partial charge in [-0.2, -0.15) is 0 Å². The second-order valence-electron chi connectivity index (χ2n) is 3.42. The molecule has 0 aliphatic heterocycles. The van der Waals surface area contributed by atoms with Crippen LogP contribution in [0.3, 0.4) is 0 Å². The van der Waals surface area contributed by atoms with Gasteiger partial charge in [0.15, 0.2) is 6.20 Å². The van der Waals surface area contributed by atoms with Crippen LogP contribution in [0.15, 0.2) is 30.5 Å². The largest absolute Gasteiger partial charge is 1.00 e. The molecule has 84 valence electrons. The lowest BCUT2D eigenvalue weighted by atomic mass is 10.1. The third kappa shape index (κ3) is 2.46. The van der Waals surface area contributed by atoms with Crippen LogP contribution in [-0.4, -0.2) is 16.2 Å². The monoisotopic (exact) mass is 238 g/mol. The van der Waals surface area contributed by atoms with Crippen LogP contribution in [0.1, 0.15) is 5.56 Å². The Kier molecular flexibility index (Phi) is 3.79. The number of fused-ring (bicyclic) bond motifs is 1. The molecule has 0 amide bonds. The number of aromatic nitrogens is 2. The molecule has 0 bridgehead atoms. The highest BCUT2D eigenvalue weighted by Gasteiger charge is 2.10. The fourth-order valence-corrected chi connectivity index (χ4v) is 1.51. The van der Waals surface area contributed by atoms with Crippen molar-refractivity contribution in [1.82, 2.24) is 5.10 Å². The minimum Gasteiger partial charge on any atom is -1.00 e. The Morgan fingerprint density at radius 2 is 2.19 bits per heavy atom. The van der Waals surface area contributed by atoms with E-state index in [4.69, 9.17) is 5.11 Å². The van der Waals surface area contributed by atoms with Crippen LogP contribution in [0.4, 0.5) is 0 Å². The van der Waals surface area contributed by atoms with Crippen LogP contribution < -0.4 is 17.1 Å². The van der Waals surface area contributed by atoms with Crippen molar-refractivity contribution in [2.24, 2.45) is 0 Å². The van der Waals surface area contributed by atoms with E-state index >= 15 is 0 Å². The van der Waals surface area contributed by atoms with E-state index < -0.39 is 5.97 Å². The summed E-state index contributed by atoms with van der Waals surface area (Å²) >= 11 is 0. The smallest absolute Gasteiger partial charge is 0.372 e. The van der Waals surface area contributed by atoms with Gasteiger partial charge in [-0.15, -0.1) is 0 Å². The van der Waals surface area contributed by atoms with E-state index in [-0.39, 0.29) is 19.0 Å². The minimum atomic E-state index is -0.888. The Morgan fingerprint density at radius 1 is 1.44 bits per heavy atom. The quantitative estimate of drug-likeness (QED) is 0.611. The second kappa shape index (κ2) is 4.90. The first-order chi connectivity index (χ1) is 7.16. The van der Waals surface area contributed by atoms with Crippen LogP contribution in [0.2, 0.25) is 0 Å². The highest BCUT2D eigenvalue weighted by atomic mass is 35.5. The maximum absolute atomic E-state index is 10.5. The molecule has 0 unspecified atom stereocenters. The Labute approximate surface area is 98.9 Å². The van der Waals surface area contributed by atoms with Crippen LogP contribution in [-0.2, 0) is 11.3 Å². The number of hydrogen-bond donors (Lipinski definition) is 1. The average molecular weight is 239 g/mol. The van der Waals surface area contributed by atoms with Crippen LogP contribution in [0, 0.1) is 6.92 Å². The predicted molar refractivity (Wildman–Crippen MR) is 54.3 cm³/mol. The molecule has 0 radical (unpaired) electrons. The fraction of sp³-hybridized carbons (Fsp3) is 0.182. The van der Waals surface area contributed by atoms with Crippen molar-refractivity contribution in [2.75, 3.05) is 0 Å². The first-order valence-electron chi connectivity index (χ1n) is 4.65. The van der Waals surface area contributed by atoms with Crippen molar-refractivity contribution < 1.29 is 27.0 Å². The lowest BCUT2D eigenvalue weighted by Crippen LogP contribution is -3.00. The summed E-state index contributed by atoms with van der Waals surface area (Å²) in [6.45, 7) is 1.85. The molecule has 1 N–H and O–H groups in total. The minimum absolute atomic E-state index is 0. The summed E-state index contributed by atoms with van der Waals surface area (Å²) in [4.78, 5) is 10.5. The summed E-state index contributed by atoms with van der Waals surface area (Å²) in [5.41, 5.74) is 1.90. The Hall–Kier alpha value is -1.68. The highest BCUT2D eigenvalue weighted by molar-refractivity contribution is 5.80. The SMILES string of the molecule is Cc1cccc2cc[n+](CC(=O)O)nc12.[Cl-]. The molecule has 1 aromatic heterocycles. The number of benzene rings is 1. The Morgan fingerprint density at radius 3 is 2.88 bits per heavy atom. The van der Waals surface area contributed by atoms with Crippen molar-refractivity contribution in [3.63, 3.8) is 0 Å². The molecule has 16 heavy (non-hydrogen) atoms. The van der Waals surface area contributed by atoms with Crippen LogP contribution in [0.25, 0.3) is 10.9 Å². The van der Waals surface area contributed by atoms with Gasteiger partial charge in [0.1, 0.15) is 5.52 Å². The molecular formula is C11H11ClN2O2. The molecule has 0 fully saturated rings. The molecule has 0 saturated heterocycles. The van der Waals surface area contributed by atoms with Crippen molar-refractivity contribution in [1.29, 1.82) is 0 Å². The van der Waals surface area contributed by atoms with Gasteiger partial charge in [-0.25, -0.2) is 4.79 Å². The maximum atomic E-state index is 10.5. The lowest BCUT2D eigenvalue weighted by molar-refractivity contribution is -0.741. The number of carbonyl (C=O) groups is 1. The van der Waals surface area contributed by atoms with E-state index in [1.165, 1.54) is 4.68 Å².